The molecule has 0 bridgehead atoms. The number of carbonyl (C=O) groups excluding carboxylic acids is 2. The first-order chi connectivity index (χ1) is 15.9. The van der Waals surface area contributed by atoms with Gasteiger partial charge in [0.1, 0.15) is 0 Å². The maximum atomic E-state index is 12.7. The maximum Gasteiger partial charge on any atom is 0.313 e. The molecule has 33 heavy (non-hydrogen) atoms. The number of fused-ring (bicyclic) bond motifs is 1. The number of amides is 2. The van der Waals surface area contributed by atoms with Gasteiger partial charge >= 0.3 is 11.8 Å². The molecule has 0 unspecified atom stereocenters. The summed E-state index contributed by atoms with van der Waals surface area (Å²) in [6.45, 7) is 5.36. The maximum absolute atomic E-state index is 12.7. The molecule has 0 radical (unpaired) electrons. The van der Waals surface area contributed by atoms with Crippen LogP contribution in [0.4, 0.5) is 11.4 Å². The third-order valence-electron chi connectivity index (χ3n) is 6.78. The van der Waals surface area contributed by atoms with E-state index in [1.54, 1.807) is 12.1 Å². The summed E-state index contributed by atoms with van der Waals surface area (Å²) in [6, 6.07) is 12.0. The average molecular weight is 469 g/mol. The summed E-state index contributed by atoms with van der Waals surface area (Å²) in [6.07, 6.45) is 5.79. The van der Waals surface area contributed by atoms with E-state index < -0.39 is 11.8 Å². The van der Waals surface area contributed by atoms with Crippen molar-refractivity contribution in [3.63, 3.8) is 0 Å². The Hall–Kier alpha value is -2.57. The highest BCUT2D eigenvalue weighted by Gasteiger charge is 2.26. The van der Waals surface area contributed by atoms with Crippen molar-refractivity contribution in [2.75, 3.05) is 43.4 Å². The van der Waals surface area contributed by atoms with Crippen LogP contribution in [0.2, 0.25) is 5.02 Å². The van der Waals surface area contributed by atoms with Crippen LogP contribution in [0.3, 0.4) is 0 Å². The van der Waals surface area contributed by atoms with Crippen molar-refractivity contribution in [3.8, 4) is 0 Å². The van der Waals surface area contributed by atoms with Crippen LogP contribution in [0.5, 0.6) is 0 Å². The number of likely N-dealkylation sites (tertiary alicyclic amines) is 1. The number of hydrogen-bond acceptors (Lipinski definition) is 4. The lowest BCUT2D eigenvalue weighted by atomic mass is 9.95. The summed E-state index contributed by atoms with van der Waals surface area (Å²) in [4.78, 5) is 29.9. The monoisotopic (exact) mass is 468 g/mol. The molecule has 0 aromatic heterocycles. The number of aryl methyl sites for hydroxylation is 2. The lowest BCUT2D eigenvalue weighted by Gasteiger charge is -2.36. The molecule has 0 saturated carbocycles. The third kappa shape index (κ3) is 5.68. The Bertz CT molecular complexity index is 1020. The standard InChI is InChI=1S/C26H33ClN4O2/c1-18-8-10-21(27)16-22(18)29-26(33)25(32)28-17-24(31-13-4-3-5-14-31)20-9-11-23-19(15-20)7-6-12-30(23)2/h8-11,15-16,24H,3-7,12-14,17H2,1-2H3,(H,28,32)(H,29,33)/t24-/m0/s1. The number of nitrogens with zero attached hydrogens (tertiary/aromatic N) is 2. The van der Waals surface area contributed by atoms with E-state index in [9.17, 15) is 9.59 Å². The number of carbonyl (C=O) groups is 2. The van der Waals surface area contributed by atoms with Crippen LogP contribution in [0.1, 0.15) is 48.4 Å². The van der Waals surface area contributed by atoms with Crippen LogP contribution in [-0.2, 0) is 16.0 Å². The SMILES string of the molecule is Cc1ccc(Cl)cc1NC(=O)C(=O)NC[C@@H](c1ccc2c(c1)CCCN2C)N1CCCCC1. The van der Waals surface area contributed by atoms with Gasteiger partial charge in [0.05, 0.1) is 6.04 Å². The first kappa shape index (κ1) is 23.6. The summed E-state index contributed by atoms with van der Waals surface area (Å²) in [5.41, 5.74) is 5.27. The summed E-state index contributed by atoms with van der Waals surface area (Å²) in [5, 5.41) is 6.08. The van der Waals surface area contributed by atoms with E-state index in [0.29, 0.717) is 17.3 Å². The predicted octanol–water partition coefficient (Wildman–Crippen LogP) is 4.31. The van der Waals surface area contributed by atoms with Crippen molar-refractivity contribution in [1.82, 2.24) is 10.2 Å². The zero-order chi connectivity index (χ0) is 23.4. The Morgan fingerprint density at radius 3 is 2.58 bits per heavy atom. The van der Waals surface area contributed by atoms with Gasteiger partial charge in [0.25, 0.3) is 0 Å². The Morgan fingerprint density at radius 2 is 1.79 bits per heavy atom. The van der Waals surface area contributed by atoms with Gasteiger partial charge in [0.15, 0.2) is 0 Å². The number of rotatable bonds is 5. The molecule has 7 heteroatoms. The molecule has 0 spiro atoms. The summed E-state index contributed by atoms with van der Waals surface area (Å²) < 4.78 is 0. The number of piperidine rings is 1. The number of anilines is 2. The number of halogens is 1. The van der Waals surface area contributed by atoms with Crippen LogP contribution in [-0.4, -0.2) is 49.9 Å². The van der Waals surface area contributed by atoms with Gasteiger partial charge in [0, 0.05) is 36.5 Å². The molecule has 6 nitrogen and oxygen atoms in total. The van der Waals surface area contributed by atoms with Crippen LogP contribution in [0.25, 0.3) is 0 Å². The molecular weight excluding hydrogens is 436 g/mol. The van der Waals surface area contributed by atoms with Gasteiger partial charge < -0.3 is 15.5 Å². The van der Waals surface area contributed by atoms with Crippen LogP contribution < -0.4 is 15.5 Å². The molecule has 1 fully saturated rings. The van der Waals surface area contributed by atoms with E-state index in [-0.39, 0.29) is 6.04 Å². The Balaban J connectivity index is 1.47. The van der Waals surface area contributed by atoms with Gasteiger partial charge in [-0.2, -0.15) is 0 Å². The molecule has 1 saturated heterocycles. The van der Waals surface area contributed by atoms with Gasteiger partial charge in [-0.15, -0.1) is 0 Å². The molecule has 2 amide bonds. The lowest BCUT2D eigenvalue weighted by Crippen LogP contribution is -2.43. The minimum Gasteiger partial charge on any atom is -0.374 e. The molecule has 2 aromatic carbocycles. The van der Waals surface area contributed by atoms with E-state index in [1.165, 1.54) is 23.2 Å². The van der Waals surface area contributed by atoms with E-state index in [0.717, 1.165) is 50.9 Å². The van der Waals surface area contributed by atoms with Crippen molar-refractivity contribution in [3.05, 3.63) is 58.1 Å². The van der Waals surface area contributed by atoms with Crippen LogP contribution in [0, 0.1) is 6.92 Å². The fourth-order valence-corrected chi connectivity index (χ4v) is 5.05. The highest BCUT2D eigenvalue weighted by molar-refractivity contribution is 6.40. The molecule has 4 rings (SSSR count). The molecule has 2 N–H and O–H groups in total. The largest absolute Gasteiger partial charge is 0.374 e. The van der Waals surface area contributed by atoms with E-state index >= 15 is 0 Å². The minimum absolute atomic E-state index is 0.0486. The molecule has 2 aliphatic heterocycles. The molecule has 2 aromatic rings. The fourth-order valence-electron chi connectivity index (χ4n) is 4.88. The summed E-state index contributed by atoms with van der Waals surface area (Å²) in [7, 11) is 2.14. The predicted molar refractivity (Wildman–Crippen MR) is 134 cm³/mol. The van der Waals surface area contributed by atoms with Gasteiger partial charge in [-0.3, -0.25) is 14.5 Å². The molecular formula is C26H33ClN4O2. The lowest BCUT2D eigenvalue weighted by molar-refractivity contribution is -0.136. The quantitative estimate of drug-likeness (QED) is 0.642. The summed E-state index contributed by atoms with van der Waals surface area (Å²) in [5.74, 6) is -1.31. The van der Waals surface area contributed by atoms with Gasteiger partial charge in [-0.25, -0.2) is 0 Å². The normalized spacial score (nSPS) is 17.2. The van der Waals surface area contributed by atoms with Gasteiger partial charge in [0.2, 0.25) is 0 Å². The molecule has 0 aliphatic carbocycles. The topological polar surface area (TPSA) is 64.7 Å². The van der Waals surface area contributed by atoms with E-state index in [2.05, 4.69) is 45.7 Å². The Morgan fingerprint density at radius 1 is 1.00 bits per heavy atom. The van der Waals surface area contributed by atoms with Crippen molar-refractivity contribution in [2.24, 2.45) is 0 Å². The smallest absolute Gasteiger partial charge is 0.313 e. The van der Waals surface area contributed by atoms with Crippen LogP contribution >= 0.6 is 11.6 Å². The second-order valence-corrected chi connectivity index (χ2v) is 9.59. The molecule has 2 heterocycles. The number of nitrogens with one attached hydrogen (secondary N) is 2. The van der Waals surface area contributed by atoms with Crippen molar-refractivity contribution in [2.45, 2.75) is 45.1 Å². The molecule has 1 atom stereocenters. The Labute approximate surface area is 201 Å². The van der Waals surface area contributed by atoms with Gasteiger partial charge in [-0.1, -0.05) is 36.2 Å². The zero-order valence-electron chi connectivity index (χ0n) is 19.5. The van der Waals surface area contributed by atoms with E-state index in [4.69, 9.17) is 11.6 Å². The molecule has 176 valence electrons. The van der Waals surface area contributed by atoms with E-state index in [1.807, 2.05) is 13.0 Å². The van der Waals surface area contributed by atoms with Crippen molar-refractivity contribution >= 4 is 34.8 Å². The number of hydrogen-bond donors (Lipinski definition) is 2. The second-order valence-electron chi connectivity index (χ2n) is 9.15. The number of benzene rings is 2. The first-order valence-electron chi connectivity index (χ1n) is 11.9. The Kier molecular flexibility index (Phi) is 7.56. The van der Waals surface area contributed by atoms with Crippen molar-refractivity contribution in [1.29, 1.82) is 0 Å². The van der Waals surface area contributed by atoms with Crippen molar-refractivity contribution < 1.29 is 9.59 Å². The summed E-state index contributed by atoms with van der Waals surface area (Å²) >= 11 is 6.04. The third-order valence-corrected chi connectivity index (χ3v) is 7.02. The van der Waals surface area contributed by atoms with Crippen LogP contribution in [0.15, 0.2) is 36.4 Å². The highest BCUT2D eigenvalue weighted by Crippen LogP contribution is 2.31. The molecule has 2 aliphatic rings. The average Bonchev–Trinajstić information content (AvgIpc) is 2.82. The minimum atomic E-state index is -0.676. The first-order valence-corrected chi connectivity index (χ1v) is 12.2. The zero-order valence-corrected chi connectivity index (χ0v) is 20.3. The highest BCUT2D eigenvalue weighted by atomic mass is 35.5. The second kappa shape index (κ2) is 10.6. The fraction of sp³-hybridized carbons (Fsp3) is 0.462. The van der Waals surface area contributed by atoms with Gasteiger partial charge in [-0.05, 0) is 80.6 Å².